The molecular formula is C25H28N2O7. The molecule has 0 radical (unpaired) electrons. The predicted octanol–water partition coefficient (Wildman–Crippen LogP) is 3.69. The highest BCUT2D eigenvalue weighted by Crippen LogP contribution is 2.46. The van der Waals surface area contributed by atoms with Crippen LogP contribution < -0.4 is 5.32 Å². The number of nitro groups is 1. The van der Waals surface area contributed by atoms with Crippen molar-refractivity contribution < 1.29 is 28.8 Å². The van der Waals surface area contributed by atoms with Crippen molar-refractivity contribution in [2.24, 2.45) is 11.8 Å². The van der Waals surface area contributed by atoms with Crippen LogP contribution in [0.5, 0.6) is 0 Å². The molecule has 4 rings (SSSR count). The number of non-ortho nitro benzene ring substituents is 1. The van der Waals surface area contributed by atoms with Gasteiger partial charge in [0.15, 0.2) is 5.78 Å². The Morgan fingerprint density at radius 3 is 2.56 bits per heavy atom. The Balaban J connectivity index is 1.84. The molecule has 2 aliphatic carbocycles. The third-order valence-electron chi connectivity index (χ3n) is 6.95. The number of Topliss-reactive ketones (excluding diaryl/α,β-unsaturated/α-hetero) is 1. The number of hydrogen-bond donors (Lipinski definition) is 1. The van der Waals surface area contributed by atoms with E-state index in [1.807, 2.05) is 0 Å². The zero-order valence-corrected chi connectivity index (χ0v) is 19.5. The van der Waals surface area contributed by atoms with Crippen LogP contribution in [0.4, 0.5) is 5.69 Å². The van der Waals surface area contributed by atoms with E-state index >= 15 is 0 Å². The van der Waals surface area contributed by atoms with Gasteiger partial charge in [0.1, 0.15) is 12.0 Å². The van der Waals surface area contributed by atoms with E-state index in [9.17, 15) is 24.5 Å². The number of hydrogen-bond acceptors (Lipinski definition) is 8. The summed E-state index contributed by atoms with van der Waals surface area (Å²) in [6.07, 6.45) is 3.72. The average molecular weight is 469 g/mol. The van der Waals surface area contributed by atoms with Gasteiger partial charge in [-0.3, -0.25) is 19.7 Å². The highest BCUT2D eigenvalue weighted by atomic mass is 16.6. The van der Waals surface area contributed by atoms with Crippen LogP contribution in [0.25, 0.3) is 0 Å². The Labute approximate surface area is 197 Å². The first kappa shape index (κ1) is 23.7. The number of methoxy groups -OCH3 is 1. The maximum Gasteiger partial charge on any atom is 0.337 e. The van der Waals surface area contributed by atoms with Gasteiger partial charge in [0.25, 0.3) is 5.69 Å². The second-order valence-corrected chi connectivity index (χ2v) is 9.20. The van der Waals surface area contributed by atoms with E-state index in [-0.39, 0.29) is 28.9 Å². The molecule has 1 aromatic carbocycles. The van der Waals surface area contributed by atoms with Gasteiger partial charge in [-0.25, -0.2) is 4.79 Å². The third kappa shape index (κ3) is 4.22. The highest BCUT2D eigenvalue weighted by Gasteiger charge is 2.47. The fourth-order valence-corrected chi connectivity index (χ4v) is 5.32. The molecule has 0 bridgehead atoms. The smallest absolute Gasteiger partial charge is 0.337 e. The molecule has 0 saturated heterocycles. The second kappa shape index (κ2) is 9.40. The first-order valence-corrected chi connectivity index (χ1v) is 11.5. The third-order valence-corrected chi connectivity index (χ3v) is 6.95. The van der Waals surface area contributed by atoms with Gasteiger partial charge in [-0.2, -0.15) is 0 Å². The largest absolute Gasteiger partial charge is 0.468 e. The number of nitrogens with zero attached hydrogens (tertiary/aromatic N) is 1. The molecule has 0 aromatic heterocycles. The zero-order chi connectivity index (χ0) is 24.6. The van der Waals surface area contributed by atoms with Crippen molar-refractivity contribution >= 4 is 23.4 Å². The van der Waals surface area contributed by atoms with Crippen molar-refractivity contribution in [3.8, 4) is 0 Å². The molecule has 34 heavy (non-hydrogen) atoms. The minimum Gasteiger partial charge on any atom is -0.468 e. The highest BCUT2D eigenvalue weighted by molar-refractivity contribution is 6.12. The van der Waals surface area contributed by atoms with Gasteiger partial charge in [0.05, 0.1) is 17.6 Å². The topological polar surface area (TPSA) is 125 Å². The second-order valence-electron chi connectivity index (χ2n) is 9.20. The van der Waals surface area contributed by atoms with Crippen LogP contribution in [-0.2, 0) is 23.9 Å². The minimum atomic E-state index is -1.02. The summed E-state index contributed by atoms with van der Waals surface area (Å²) < 4.78 is 10.7. The molecule has 180 valence electrons. The van der Waals surface area contributed by atoms with Gasteiger partial charge in [0, 0.05) is 35.0 Å². The van der Waals surface area contributed by atoms with E-state index in [0.29, 0.717) is 23.4 Å². The number of carbonyl (C=O) groups is 3. The van der Waals surface area contributed by atoms with Crippen LogP contribution in [0, 0.1) is 22.0 Å². The molecule has 1 N–H and O–H groups in total. The van der Waals surface area contributed by atoms with Crippen molar-refractivity contribution in [1.82, 2.24) is 5.32 Å². The van der Waals surface area contributed by atoms with Gasteiger partial charge in [-0.1, -0.05) is 19.1 Å². The van der Waals surface area contributed by atoms with Gasteiger partial charge in [-0.05, 0) is 50.5 Å². The standard InChI is InChI=1S/C25H28N2O7/c1-13-11-18-22(23(28)19(13)24(29)33-3)21(15-7-6-8-16(12-15)27(31)32)20(14(2)26-18)25(30)34-17-9-4-5-10-17/h6-8,12-13,17,19,21,26H,4-5,9-11H2,1-3H3/t13-,19-,21-/m1/s1. The molecule has 1 aromatic rings. The van der Waals surface area contributed by atoms with E-state index in [1.54, 1.807) is 19.9 Å². The van der Waals surface area contributed by atoms with E-state index in [2.05, 4.69) is 5.32 Å². The lowest BCUT2D eigenvalue weighted by atomic mass is 9.69. The quantitative estimate of drug-likeness (QED) is 0.300. The Kier molecular flexibility index (Phi) is 6.54. The fourth-order valence-electron chi connectivity index (χ4n) is 5.32. The Morgan fingerprint density at radius 1 is 1.21 bits per heavy atom. The fraction of sp³-hybridized carbons (Fsp3) is 0.480. The van der Waals surface area contributed by atoms with Crippen molar-refractivity contribution in [3.05, 3.63) is 62.5 Å². The number of dihydropyridines is 1. The number of allylic oxidation sites excluding steroid dienone is 3. The molecule has 9 heteroatoms. The van der Waals surface area contributed by atoms with Crippen LogP contribution in [0.15, 0.2) is 46.8 Å². The van der Waals surface area contributed by atoms with E-state index in [4.69, 9.17) is 9.47 Å². The first-order valence-electron chi connectivity index (χ1n) is 11.5. The van der Waals surface area contributed by atoms with E-state index in [0.717, 1.165) is 25.7 Å². The van der Waals surface area contributed by atoms with Crippen molar-refractivity contribution in [2.45, 2.75) is 58.0 Å². The molecule has 0 spiro atoms. The molecule has 1 saturated carbocycles. The zero-order valence-electron chi connectivity index (χ0n) is 19.5. The van der Waals surface area contributed by atoms with Crippen molar-refractivity contribution in [1.29, 1.82) is 0 Å². The molecule has 1 heterocycles. The van der Waals surface area contributed by atoms with Gasteiger partial charge >= 0.3 is 11.9 Å². The Morgan fingerprint density at radius 2 is 1.91 bits per heavy atom. The number of rotatable bonds is 5. The lowest BCUT2D eigenvalue weighted by Gasteiger charge is -2.38. The van der Waals surface area contributed by atoms with Gasteiger partial charge < -0.3 is 14.8 Å². The van der Waals surface area contributed by atoms with Gasteiger partial charge in [0.2, 0.25) is 0 Å². The molecule has 0 amide bonds. The Bertz CT molecular complexity index is 1110. The van der Waals surface area contributed by atoms with Crippen LogP contribution >= 0.6 is 0 Å². The van der Waals surface area contributed by atoms with Crippen molar-refractivity contribution in [3.63, 3.8) is 0 Å². The number of ketones is 1. The normalized spacial score (nSPS) is 25.0. The summed E-state index contributed by atoms with van der Waals surface area (Å²) in [5.74, 6) is -3.85. The number of esters is 2. The minimum absolute atomic E-state index is 0.152. The summed E-state index contributed by atoms with van der Waals surface area (Å²) in [4.78, 5) is 50.5. The number of nitrogens with one attached hydrogen (secondary N) is 1. The summed E-state index contributed by atoms with van der Waals surface area (Å²) >= 11 is 0. The summed E-state index contributed by atoms with van der Waals surface area (Å²) in [6.45, 7) is 3.54. The van der Waals surface area contributed by atoms with E-state index in [1.165, 1.54) is 25.3 Å². The lowest BCUT2D eigenvalue weighted by Crippen LogP contribution is -2.43. The molecule has 0 unspecified atom stereocenters. The summed E-state index contributed by atoms with van der Waals surface area (Å²) in [5, 5.41) is 14.7. The SMILES string of the molecule is COC(=O)[C@H]1C(=O)C2=C(C[C@H]1C)NC(C)=C(C(=O)OC1CCCC1)[C@H]2c1cccc([N+](=O)[O-])c1. The molecule has 1 aliphatic heterocycles. The number of benzene rings is 1. The lowest BCUT2D eigenvalue weighted by molar-refractivity contribution is -0.384. The molecular weight excluding hydrogens is 440 g/mol. The number of ether oxygens (including phenoxy) is 2. The maximum atomic E-state index is 13.7. The van der Waals surface area contributed by atoms with Crippen LogP contribution in [0.1, 0.15) is 57.4 Å². The summed E-state index contributed by atoms with van der Waals surface area (Å²) in [7, 11) is 1.23. The molecule has 9 nitrogen and oxygen atoms in total. The summed E-state index contributed by atoms with van der Waals surface area (Å²) in [6, 6.07) is 5.91. The van der Waals surface area contributed by atoms with E-state index < -0.39 is 34.5 Å². The van der Waals surface area contributed by atoms with Crippen LogP contribution in [-0.4, -0.2) is 35.9 Å². The van der Waals surface area contributed by atoms with Crippen LogP contribution in [0.3, 0.4) is 0 Å². The first-order chi connectivity index (χ1) is 16.2. The molecule has 3 atom stereocenters. The monoisotopic (exact) mass is 468 g/mol. The van der Waals surface area contributed by atoms with Gasteiger partial charge in [-0.15, -0.1) is 0 Å². The molecule has 3 aliphatic rings. The van der Waals surface area contributed by atoms with Crippen LogP contribution in [0.2, 0.25) is 0 Å². The number of nitro benzene ring substituents is 1. The average Bonchev–Trinajstić information content (AvgIpc) is 3.30. The number of carbonyl (C=O) groups excluding carboxylic acids is 3. The Hall–Kier alpha value is -3.49. The maximum absolute atomic E-state index is 13.7. The predicted molar refractivity (Wildman–Crippen MR) is 121 cm³/mol. The summed E-state index contributed by atoms with van der Waals surface area (Å²) in [5.41, 5.74) is 1.92. The molecule has 1 fully saturated rings. The van der Waals surface area contributed by atoms with Crippen molar-refractivity contribution in [2.75, 3.05) is 7.11 Å².